The lowest BCUT2D eigenvalue weighted by Crippen LogP contribution is -2.41. The van der Waals surface area contributed by atoms with Crippen molar-refractivity contribution >= 4 is 17.1 Å². The molecule has 0 N–H and O–H groups in total. The van der Waals surface area contributed by atoms with Gasteiger partial charge in [-0.2, -0.15) is 5.26 Å². The smallest absolute Gasteiger partial charge is 0.410 e. The Morgan fingerprint density at radius 3 is 2.59 bits per heavy atom. The van der Waals surface area contributed by atoms with E-state index in [1.807, 2.05) is 46.0 Å². The first-order valence-corrected chi connectivity index (χ1v) is 14.6. The molecule has 2 aliphatic heterocycles. The van der Waals surface area contributed by atoms with Crippen LogP contribution in [0.5, 0.6) is 5.88 Å². The van der Waals surface area contributed by atoms with Crippen LogP contribution < -0.4 is 4.74 Å². The van der Waals surface area contributed by atoms with Crippen LogP contribution in [0.15, 0.2) is 24.5 Å². The number of carbonyl (C=O) groups excluding carboxylic acids is 1. The lowest BCUT2D eigenvalue weighted by atomic mass is 9.94. The molecular formula is C31H40N6O4. The number of rotatable bonds is 7. The predicted octanol–water partition coefficient (Wildman–Crippen LogP) is 5.52. The van der Waals surface area contributed by atoms with Crippen LogP contribution in [-0.4, -0.2) is 69.0 Å². The van der Waals surface area contributed by atoms with Gasteiger partial charge < -0.3 is 23.7 Å². The van der Waals surface area contributed by atoms with E-state index in [9.17, 15) is 10.1 Å². The highest BCUT2D eigenvalue weighted by molar-refractivity contribution is 5.91. The highest BCUT2D eigenvalue weighted by atomic mass is 16.6. The Bertz CT molecular complexity index is 1410. The summed E-state index contributed by atoms with van der Waals surface area (Å²) in [6.07, 6.45) is 8.40. The highest BCUT2D eigenvalue weighted by Gasteiger charge is 2.27. The van der Waals surface area contributed by atoms with Crippen molar-refractivity contribution < 1.29 is 19.0 Å². The summed E-state index contributed by atoms with van der Waals surface area (Å²) < 4.78 is 19.2. The number of nitriles is 1. The minimum absolute atomic E-state index is 0.148. The van der Waals surface area contributed by atoms with E-state index < -0.39 is 5.60 Å². The predicted molar refractivity (Wildman–Crippen MR) is 154 cm³/mol. The average molecular weight is 561 g/mol. The van der Waals surface area contributed by atoms with E-state index in [2.05, 4.69) is 25.6 Å². The molecule has 1 amide bonds. The molecule has 0 unspecified atom stereocenters. The molecule has 2 saturated heterocycles. The van der Waals surface area contributed by atoms with E-state index in [1.54, 1.807) is 11.1 Å². The van der Waals surface area contributed by atoms with Crippen LogP contribution in [0.4, 0.5) is 4.79 Å². The molecule has 0 aromatic carbocycles. The molecule has 2 fully saturated rings. The number of amides is 1. The number of piperidine rings is 1. The van der Waals surface area contributed by atoms with E-state index >= 15 is 0 Å². The third kappa shape index (κ3) is 7.14. The lowest BCUT2D eigenvalue weighted by Gasteiger charge is -2.33. The minimum atomic E-state index is -0.477. The van der Waals surface area contributed by atoms with Crippen LogP contribution in [-0.2, 0) is 16.0 Å². The van der Waals surface area contributed by atoms with Gasteiger partial charge in [0, 0.05) is 61.8 Å². The maximum atomic E-state index is 12.3. The fraction of sp³-hybridized carbons (Fsp3) is 0.581. The summed E-state index contributed by atoms with van der Waals surface area (Å²) in [6.45, 7) is 12.1. The van der Waals surface area contributed by atoms with Crippen molar-refractivity contribution in [2.45, 2.75) is 71.9 Å². The van der Waals surface area contributed by atoms with Gasteiger partial charge in [0.2, 0.25) is 11.7 Å². The van der Waals surface area contributed by atoms with Gasteiger partial charge in [-0.05, 0) is 83.8 Å². The van der Waals surface area contributed by atoms with Crippen LogP contribution in [0.25, 0.3) is 22.3 Å². The van der Waals surface area contributed by atoms with E-state index in [1.165, 1.54) is 0 Å². The van der Waals surface area contributed by atoms with Crippen molar-refractivity contribution in [1.82, 2.24) is 24.4 Å². The molecule has 0 bridgehead atoms. The Balaban J connectivity index is 1.21. The van der Waals surface area contributed by atoms with Gasteiger partial charge in [-0.1, -0.05) is 0 Å². The molecule has 0 spiro atoms. The van der Waals surface area contributed by atoms with Crippen LogP contribution in [0.1, 0.15) is 64.3 Å². The average Bonchev–Trinajstić information content (AvgIpc) is 3.35. The fourth-order valence-corrected chi connectivity index (χ4v) is 5.59. The highest BCUT2D eigenvalue weighted by Crippen LogP contribution is 2.31. The van der Waals surface area contributed by atoms with Crippen LogP contribution >= 0.6 is 0 Å². The standard InChI is InChI=1S/C31H40N6O4/c1-21-17-24(19-33-29(21)40-16-10-22-5-11-36(12-6-22)30(38)41-31(2,3)4)27-25-7-13-37(20-23-8-14-39-15-9-23)28(25)35-26(18-32)34-27/h7,13,17,19,22-23H,5-6,8-12,14-16,20H2,1-4H3. The van der Waals surface area contributed by atoms with E-state index in [0.29, 0.717) is 43.1 Å². The van der Waals surface area contributed by atoms with Gasteiger partial charge >= 0.3 is 6.09 Å². The Kier molecular flexibility index (Phi) is 8.74. The molecule has 3 aromatic rings. The maximum absolute atomic E-state index is 12.3. The SMILES string of the molecule is Cc1cc(-c2nc(C#N)nc3c2ccn3CC2CCOCC2)cnc1OCCC1CCN(C(=O)OC(C)(C)C)CC1. The molecule has 41 heavy (non-hydrogen) atoms. The first-order chi connectivity index (χ1) is 19.7. The largest absolute Gasteiger partial charge is 0.477 e. The molecule has 10 nitrogen and oxygen atoms in total. The number of aromatic nitrogens is 4. The molecule has 5 heterocycles. The van der Waals surface area contributed by atoms with Gasteiger partial charge in [-0.15, -0.1) is 0 Å². The number of hydrogen-bond acceptors (Lipinski definition) is 8. The zero-order chi connectivity index (χ0) is 29.0. The number of aryl methyl sites for hydroxylation is 1. The molecular weight excluding hydrogens is 520 g/mol. The second-order valence-corrected chi connectivity index (χ2v) is 12.2. The van der Waals surface area contributed by atoms with Gasteiger partial charge in [0.05, 0.1) is 12.3 Å². The topological polar surface area (TPSA) is 115 Å². The van der Waals surface area contributed by atoms with Crippen molar-refractivity contribution in [3.63, 3.8) is 0 Å². The molecule has 218 valence electrons. The van der Waals surface area contributed by atoms with Crippen LogP contribution in [0.2, 0.25) is 0 Å². The first-order valence-electron chi connectivity index (χ1n) is 14.6. The quantitative estimate of drug-likeness (QED) is 0.371. The summed E-state index contributed by atoms with van der Waals surface area (Å²) in [5.41, 5.74) is 2.74. The van der Waals surface area contributed by atoms with E-state index in [4.69, 9.17) is 14.2 Å². The molecule has 0 saturated carbocycles. The van der Waals surface area contributed by atoms with Crippen LogP contribution in [0, 0.1) is 30.1 Å². The summed E-state index contributed by atoms with van der Waals surface area (Å²) in [6, 6.07) is 6.17. The Morgan fingerprint density at radius 2 is 1.90 bits per heavy atom. The van der Waals surface area contributed by atoms with Gasteiger partial charge in [-0.25, -0.2) is 19.7 Å². The van der Waals surface area contributed by atoms with Crippen molar-refractivity contribution in [1.29, 1.82) is 5.26 Å². The number of carbonyl (C=O) groups is 1. The third-order valence-electron chi connectivity index (χ3n) is 7.85. The number of pyridine rings is 1. The number of fused-ring (bicyclic) bond motifs is 1. The Labute approximate surface area is 241 Å². The Morgan fingerprint density at radius 1 is 1.15 bits per heavy atom. The zero-order valence-electron chi connectivity index (χ0n) is 24.6. The van der Waals surface area contributed by atoms with E-state index in [-0.39, 0.29) is 11.9 Å². The second kappa shape index (κ2) is 12.4. The number of hydrogen-bond donors (Lipinski definition) is 0. The third-order valence-corrected chi connectivity index (χ3v) is 7.85. The summed E-state index contributed by atoms with van der Waals surface area (Å²) in [5, 5.41) is 10.6. The van der Waals surface area contributed by atoms with Crippen molar-refractivity contribution in [3.8, 4) is 23.2 Å². The molecule has 5 rings (SSSR count). The summed E-state index contributed by atoms with van der Waals surface area (Å²) in [4.78, 5) is 27.8. The summed E-state index contributed by atoms with van der Waals surface area (Å²) in [5.74, 6) is 1.77. The fourth-order valence-electron chi connectivity index (χ4n) is 5.59. The number of nitrogens with zero attached hydrogens (tertiary/aromatic N) is 6. The first kappa shape index (κ1) is 28.8. The molecule has 2 aliphatic rings. The van der Waals surface area contributed by atoms with Gasteiger partial charge in [0.15, 0.2) is 0 Å². The van der Waals surface area contributed by atoms with Gasteiger partial charge in [-0.3, -0.25) is 0 Å². The number of ether oxygens (including phenoxy) is 3. The Hall–Kier alpha value is -3.71. The van der Waals surface area contributed by atoms with Gasteiger partial charge in [0.25, 0.3) is 0 Å². The lowest BCUT2D eigenvalue weighted by molar-refractivity contribution is 0.0177. The summed E-state index contributed by atoms with van der Waals surface area (Å²) in [7, 11) is 0. The molecule has 0 aliphatic carbocycles. The summed E-state index contributed by atoms with van der Waals surface area (Å²) >= 11 is 0. The molecule has 10 heteroatoms. The van der Waals surface area contributed by atoms with Crippen molar-refractivity contribution in [2.24, 2.45) is 11.8 Å². The van der Waals surface area contributed by atoms with Crippen LogP contribution in [0.3, 0.4) is 0 Å². The van der Waals surface area contributed by atoms with Crippen molar-refractivity contribution in [2.75, 3.05) is 32.9 Å². The van der Waals surface area contributed by atoms with Crippen molar-refractivity contribution in [3.05, 3.63) is 35.9 Å². The normalized spacial score (nSPS) is 17.0. The molecule has 3 aromatic heterocycles. The minimum Gasteiger partial charge on any atom is -0.477 e. The maximum Gasteiger partial charge on any atom is 0.410 e. The second-order valence-electron chi connectivity index (χ2n) is 12.2. The number of likely N-dealkylation sites (tertiary alicyclic amines) is 1. The molecule has 0 radical (unpaired) electrons. The monoisotopic (exact) mass is 560 g/mol. The van der Waals surface area contributed by atoms with E-state index in [0.717, 1.165) is 74.0 Å². The molecule has 0 atom stereocenters. The zero-order valence-corrected chi connectivity index (χ0v) is 24.6. The van der Waals surface area contributed by atoms with Gasteiger partial charge in [0.1, 0.15) is 17.3 Å².